The average Bonchev–Trinajstić information content (AvgIpc) is 3.12. The second-order valence-electron chi connectivity index (χ2n) is 7.01. The van der Waals surface area contributed by atoms with Crippen molar-refractivity contribution >= 4 is 6.09 Å². The van der Waals surface area contributed by atoms with Crippen LogP contribution in [0.25, 0.3) is 0 Å². The fourth-order valence-corrected chi connectivity index (χ4v) is 2.75. The van der Waals surface area contributed by atoms with E-state index in [2.05, 4.69) is 11.9 Å². The van der Waals surface area contributed by atoms with Crippen LogP contribution in [0.15, 0.2) is 35.5 Å². The maximum Gasteiger partial charge on any atom is 0.410 e. The molecule has 1 N–H and O–H groups in total. The Bertz CT molecular complexity index is 505. The SMILES string of the molecule is C=CCCC(NC1CCN(C(=O)OC(C)(C)C)C1)c1ccco1. The van der Waals surface area contributed by atoms with Crippen molar-refractivity contribution in [2.24, 2.45) is 0 Å². The highest BCUT2D eigenvalue weighted by Crippen LogP contribution is 2.23. The molecule has 0 radical (unpaired) electrons. The number of nitrogens with one attached hydrogen (secondary N) is 1. The Kier molecular flexibility index (Phi) is 5.88. The van der Waals surface area contributed by atoms with E-state index in [1.165, 1.54) is 0 Å². The molecule has 1 fully saturated rings. The van der Waals surface area contributed by atoms with Gasteiger partial charge in [0.1, 0.15) is 11.4 Å². The highest BCUT2D eigenvalue weighted by atomic mass is 16.6. The number of rotatable bonds is 6. The van der Waals surface area contributed by atoms with Crippen molar-refractivity contribution in [1.29, 1.82) is 0 Å². The Morgan fingerprint density at radius 2 is 2.39 bits per heavy atom. The van der Waals surface area contributed by atoms with Gasteiger partial charge in [-0.1, -0.05) is 6.08 Å². The minimum atomic E-state index is -0.455. The zero-order chi connectivity index (χ0) is 16.9. The molecule has 1 aliphatic heterocycles. The third-order valence-corrected chi connectivity index (χ3v) is 3.82. The van der Waals surface area contributed by atoms with Crippen molar-refractivity contribution in [3.05, 3.63) is 36.8 Å². The summed E-state index contributed by atoms with van der Waals surface area (Å²) in [5.74, 6) is 0.933. The van der Waals surface area contributed by atoms with Gasteiger partial charge in [0.15, 0.2) is 0 Å². The molecule has 1 aliphatic rings. The number of amides is 1. The van der Waals surface area contributed by atoms with Crippen LogP contribution in [-0.4, -0.2) is 35.7 Å². The summed E-state index contributed by atoms with van der Waals surface area (Å²) in [4.78, 5) is 13.9. The van der Waals surface area contributed by atoms with Crippen molar-refractivity contribution in [2.45, 2.75) is 57.7 Å². The van der Waals surface area contributed by atoms with Crippen molar-refractivity contribution in [3.63, 3.8) is 0 Å². The third-order valence-electron chi connectivity index (χ3n) is 3.82. The van der Waals surface area contributed by atoms with Gasteiger partial charge in [-0.2, -0.15) is 0 Å². The lowest BCUT2D eigenvalue weighted by molar-refractivity contribution is 0.0290. The summed E-state index contributed by atoms with van der Waals surface area (Å²) in [6, 6.07) is 4.29. The van der Waals surface area contributed by atoms with E-state index in [0.29, 0.717) is 6.54 Å². The first-order valence-corrected chi connectivity index (χ1v) is 8.27. The van der Waals surface area contributed by atoms with Crippen LogP contribution in [0.2, 0.25) is 0 Å². The summed E-state index contributed by atoms with van der Waals surface area (Å²) in [5.41, 5.74) is -0.455. The Labute approximate surface area is 138 Å². The maximum absolute atomic E-state index is 12.1. The predicted molar refractivity (Wildman–Crippen MR) is 90.2 cm³/mol. The second kappa shape index (κ2) is 7.68. The Morgan fingerprint density at radius 3 is 3.00 bits per heavy atom. The van der Waals surface area contributed by atoms with Crippen LogP contribution in [0.5, 0.6) is 0 Å². The fourth-order valence-electron chi connectivity index (χ4n) is 2.75. The van der Waals surface area contributed by atoms with E-state index in [4.69, 9.17) is 9.15 Å². The van der Waals surface area contributed by atoms with Gasteiger partial charge in [0.25, 0.3) is 0 Å². The number of hydrogen-bond acceptors (Lipinski definition) is 4. The minimum Gasteiger partial charge on any atom is -0.468 e. The molecule has 2 rings (SSSR count). The monoisotopic (exact) mass is 320 g/mol. The molecular formula is C18H28N2O3. The molecule has 1 aromatic rings. The third kappa shape index (κ3) is 5.43. The highest BCUT2D eigenvalue weighted by Gasteiger charge is 2.31. The first-order valence-electron chi connectivity index (χ1n) is 8.27. The van der Waals surface area contributed by atoms with Gasteiger partial charge < -0.3 is 19.4 Å². The van der Waals surface area contributed by atoms with Gasteiger partial charge in [0.2, 0.25) is 0 Å². The Balaban J connectivity index is 1.89. The molecule has 5 heteroatoms. The summed E-state index contributed by atoms with van der Waals surface area (Å²) in [7, 11) is 0. The van der Waals surface area contributed by atoms with E-state index in [1.54, 1.807) is 11.2 Å². The number of ether oxygens (including phenoxy) is 1. The van der Waals surface area contributed by atoms with Crippen LogP contribution in [0.4, 0.5) is 4.79 Å². The van der Waals surface area contributed by atoms with Gasteiger partial charge >= 0.3 is 6.09 Å². The van der Waals surface area contributed by atoms with Gasteiger partial charge in [-0.15, -0.1) is 6.58 Å². The highest BCUT2D eigenvalue weighted by molar-refractivity contribution is 5.68. The number of nitrogens with zero attached hydrogens (tertiary/aromatic N) is 1. The van der Waals surface area contributed by atoms with E-state index in [-0.39, 0.29) is 18.2 Å². The van der Waals surface area contributed by atoms with Crippen molar-refractivity contribution in [1.82, 2.24) is 10.2 Å². The molecule has 0 aromatic carbocycles. The van der Waals surface area contributed by atoms with Crippen LogP contribution >= 0.6 is 0 Å². The Hall–Kier alpha value is -1.75. The largest absolute Gasteiger partial charge is 0.468 e. The molecule has 2 heterocycles. The molecule has 2 unspecified atom stereocenters. The molecule has 2 atom stereocenters. The summed E-state index contributed by atoms with van der Waals surface area (Å²) >= 11 is 0. The van der Waals surface area contributed by atoms with Crippen molar-refractivity contribution < 1.29 is 13.9 Å². The van der Waals surface area contributed by atoms with E-state index in [1.807, 2.05) is 39.0 Å². The van der Waals surface area contributed by atoms with Gasteiger partial charge in [-0.3, -0.25) is 0 Å². The molecule has 128 valence electrons. The lowest BCUT2D eigenvalue weighted by Crippen LogP contribution is -2.39. The normalized spacial score (nSPS) is 19.6. The smallest absolute Gasteiger partial charge is 0.410 e. The van der Waals surface area contributed by atoms with Crippen molar-refractivity contribution in [2.75, 3.05) is 13.1 Å². The minimum absolute atomic E-state index is 0.145. The average molecular weight is 320 g/mol. The van der Waals surface area contributed by atoms with Gasteiger partial charge in [0, 0.05) is 19.1 Å². The maximum atomic E-state index is 12.1. The molecular weight excluding hydrogens is 292 g/mol. The van der Waals surface area contributed by atoms with Crippen LogP contribution in [0.1, 0.15) is 51.8 Å². The molecule has 0 spiro atoms. The second-order valence-corrected chi connectivity index (χ2v) is 7.01. The van der Waals surface area contributed by atoms with Crippen molar-refractivity contribution in [3.8, 4) is 0 Å². The molecule has 0 aliphatic carbocycles. The first kappa shape index (κ1) is 17.6. The van der Waals surface area contributed by atoms with E-state index < -0.39 is 5.60 Å². The lowest BCUT2D eigenvalue weighted by Gasteiger charge is -2.25. The number of likely N-dealkylation sites (tertiary alicyclic amines) is 1. The van der Waals surface area contributed by atoms with E-state index in [9.17, 15) is 4.79 Å². The molecule has 1 amide bonds. The van der Waals surface area contributed by atoms with Crippen LogP contribution in [0.3, 0.4) is 0 Å². The quantitative estimate of drug-likeness (QED) is 0.808. The summed E-state index contributed by atoms with van der Waals surface area (Å²) in [6.45, 7) is 10.8. The number of furan rings is 1. The van der Waals surface area contributed by atoms with Crippen LogP contribution in [0, 0.1) is 0 Å². The topological polar surface area (TPSA) is 54.7 Å². The standard InChI is InChI=1S/C18H28N2O3/c1-5-6-8-15(16-9-7-12-22-16)19-14-10-11-20(13-14)17(21)23-18(2,3)4/h5,7,9,12,14-15,19H,1,6,8,10-11,13H2,2-4H3. The Morgan fingerprint density at radius 1 is 1.61 bits per heavy atom. The number of carbonyl (C=O) groups excluding carboxylic acids is 1. The summed E-state index contributed by atoms with van der Waals surface area (Å²) < 4.78 is 11.0. The molecule has 1 aromatic heterocycles. The summed E-state index contributed by atoms with van der Waals surface area (Å²) in [6.07, 6.45) is 6.15. The molecule has 5 nitrogen and oxygen atoms in total. The predicted octanol–water partition coefficient (Wildman–Crippen LogP) is 3.89. The van der Waals surface area contributed by atoms with Gasteiger partial charge in [-0.05, 0) is 52.2 Å². The zero-order valence-corrected chi connectivity index (χ0v) is 14.4. The van der Waals surface area contributed by atoms with Crippen LogP contribution in [-0.2, 0) is 4.74 Å². The molecule has 0 saturated carbocycles. The van der Waals surface area contributed by atoms with Gasteiger partial charge in [0.05, 0.1) is 12.3 Å². The summed E-state index contributed by atoms with van der Waals surface area (Å²) in [5, 5.41) is 3.61. The van der Waals surface area contributed by atoms with Gasteiger partial charge in [-0.25, -0.2) is 4.79 Å². The van der Waals surface area contributed by atoms with E-state index in [0.717, 1.165) is 31.6 Å². The lowest BCUT2D eigenvalue weighted by atomic mass is 10.1. The molecule has 0 bridgehead atoms. The molecule has 1 saturated heterocycles. The number of hydrogen-bond donors (Lipinski definition) is 1. The fraction of sp³-hybridized carbons (Fsp3) is 0.611. The number of carbonyl (C=O) groups is 1. The molecule has 23 heavy (non-hydrogen) atoms. The first-order chi connectivity index (χ1) is 10.9. The zero-order valence-electron chi connectivity index (χ0n) is 14.4. The number of allylic oxidation sites excluding steroid dienone is 1. The van der Waals surface area contributed by atoms with E-state index >= 15 is 0 Å². The van der Waals surface area contributed by atoms with Crippen LogP contribution < -0.4 is 5.32 Å².